The second kappa shape index (κ2) is 8.68. The van der Waals surface area contributed by atoms with Crippen molar-refractivity contribution < 1.29 is 14.3 Å². The summed E-state index contributed by atoms with van der Waals surface area (Å²) in [4.78, 5) is 26.4. The summed E-state index contributed by atoms with van der Waals surface area (Å²) in [5, 5.41) is 5.98. The van der Waals surface area contributed by atoms with Gasteiger partial charge in [-0.2, -0.15) is 0 Å². The van der Waals surface area contributed by atoms with Crippen LogP contribution in [0.1, 0.15) is 21.5 Å². The van der Waals surface area contributed by atoms with Crippen LogP contribution in [0.25, 0.3) is 0 Å². The van der Waals surface area contributed by atoms with E-state index in [1.54, 1.807) is 17.0 Å². The van der Waals surface area contributed by atoms with Crippen LogP contribution < -0.4 is 10.6 Å². The van der Waals surface area contributed by atoms with Crippen LogP contribution in [0.5, 0.6) is 0 Å². The van der Waals surface area contributed by atoms with Crippen molar-refractivity contribution >= 4 is 23.2 Å². The number of benzene rings is 2. The smallest absolute Gasteiger partial charge is 0.254 e. The SMILES string of the molecule is Cc1cc(C)cc(NC(=O)CNc2ccc(C(=O)N3CCOCC3)cc2)c1. The molecule has 3 rings (SSSR count). The normalized spacial score (nSPS) is 13.9. The molecule has 0 unspecified atom stereocenters. The second-order valence-corrected chi connectivity index (χ2v) is 6.76. The number of carbonyl (C=O) groups is 2. The van der Waals surface area contributed by atoms with E-state index in [-0.39, 0.29) is 18.4 Å². The van der Waals surface area contributed by atoms with Crippen LogP contribution in [0.3, 0.4) is 0 Å². The molecule has 0 bridgehead atoms. The Hall–Kier alpha value is -2.86. The molecule has 6 heteroatoms. The van der Waals surface area contributed by atoms with Crippen molar-refractivity contribution in [1.29, 1.82) is 0 Å². The first kappa shape index (κ1) is 18.9. The highest BCUT2D eigenvalue weighted by molar-refractivity contribution is 5.95. The predicted molar refractivity (Wildman–Crippen MR) is 106 cm³/mol. The number of nitrogens with one attached hydrogen (secondary N) is 2. The lowest BCUT2D eigenvalue weighted by molar-refractivity contribution is -0.114. The zero-order valence-corrected chi connectivity index (χ0v) is 15.7. The van der Waals surface area contributed by atoms with Gasteiger partial charge >= 0.3 is 0 Å². The zero-order chi connectivity index (χ0) is 19.2. The highest BCUT2D eigenvalue weighted by Crippen LogP contribution is 2.15. The van der Waals surface area contributed by atoms with Crippen LogP contribution >= 0.6 is 0 Å². The van der Waals surface area contributed by atoms with Crippen molar-refractivity contribution in [3.05, 3.63) is 59.2 Å². The summed E-state index contributed by atoms with van der Waals surface area (Å²) < 4.78 is 5.27. The van der Waals surface area contributed by atoms with Crippen molar-refractivity contribution in [2.24, 2.45) is 0 Å². The number of anilines is 2. The van der Waals surface area contributed by atoms with Gasteiger partial charge in [0.2, 0.25) is 5.91 Å². The van der Waals surface area contributed by atoms with E-state index in [1.165, 1.54) is 0 Å². The van der Waals surface area contributed by atoms with Gasteiger partial charge in [0, 0.05) is 30.0 Å². The van der Waals surface area contributed by atoms with E-state index in [9.17, 15) is 9.59 Å². The predicted octanol–water partition coefficient (Wildman–Crippen LogP) is 2.83. The molecule has 0 aliphatic carbocycles. The summed E-state index contributed by atoms with van der Waals surface area (Å²) in [7, 11) is 0. The Kier molecular flexibility index (Phi) is 6.08. The van der Waals surface area contributed by atoms with E-state index in [0.29, 0.717) is 31.9 Å². The van der Waals surface area contributed by atoms with Crippen molar-refractivity contribution in [3.63, 3.8) is 0 Å². The van der Waals surface area contributed by atoms with Gasteiger partial charge in [-0.1, -0.05) is 6.07 Å². The van der Waals surface area contributed by atoms with E-state index < -0.39 is 0 Å². The van der Waals surface area contributed by atoms with Gasteiger partial charge in [-0.05, 0) is 61.4 Å². The van der Waals surface area contributed by atoms with Gasteiger partial charge in [0.25, 0.3) is 5.91 Å². The third-order valence-electron chi connectivity index (χ3n) is 4.39. The number of carbonyl (C=O) groups excluding carboxylic acids is 2. The number of morpholine rings is 1. The minimum Gasteiger partial charge on any atom is -0.378 e. The number of rotatable bonds is 5. The van der Waals surface area contributed by atoms with Gasteiger partial charge in [-0.25, -0.2) is 0 Å². The highest BCUT2D eigenvalue weighted by atomic mass is 16.5. The molecule has 1 aliphatic heterocycles. The van der Waals surface area contributed by atoms with Crippen LogP contribution in [0.2, 0.25) is 0 Å². The largest absolute Gasteiger partial charge is 0.378 e. The second-order valence-electron chi connectivity index (χ2n) is 6.76. The van der Waals surface area contributed by atoms with Gasteiger partial charge in [0.05, 0.1) is 19.8 Å². The molecule has 0 aromatic heterocycles. The topological polar surface area (TPSA) is 70.7 Å². The molecule has 2 amide bonds. The van der Waals surface area contributed by atoms with Gasteiger partial charge in [0.1, 0.15) is 0 Å². The molecule has 27 heavy (non-hydrogen) atoms. The number of aryl methyl sites for hydroxylation is 2. The van der Waals surface area contributed by atoms with Crippen molar-refractivity contribution in [3.8, 4) is 0 Å². The third kappa shape index (κ3) is 5.31. The van der Waals surface area contributed by atoms with Gasteiger partial charge in [-0.15, -0.1) is 0 Å². The van der Waals surface area contributed by atoms with Crippen LogP contribution in [0, 0.1) is 13.8 Å². The zero-order valence-electron chi connectivity index (χ0n) is 15.7. The number of hydrogen-bond acceptors (Lipinski definition) is 4. The quantitative estimate of drug-likeness (QED) is 0.853. The van der Waals surface area contributed by atoms with Gasteiger partial charge in [-0.3, -0.25) is 9.59 Å². The Morgan fingerprint density at radius 3 is 2.22 bits per heavy atom. The summed E-state index contributed by atoms with van der Waals surface area (Å²) in [5.74, 6) is -0.106. The molecular formula is C21H25N3O3. The Balaban J connectivity index is 1.52. The molecule has 142 valence electrons. The van der Waals surface area contributed by atoms with E-state index in [0.717, 1.165) is 22.5 Å². The Morgan fingerprint density at radius 1 is 0.963 bits per heavy atom. The summed E-state index contributed by atoms with van der Waals surface area (Å²) in [6.07, 6.45) is 0. The van der Waals surface area contributed by atoms with Crippen LogP contribution in [-0.2, 0) is 9.53 Å². The molecule has 0 atom stereocenters. The van der Waals surface area contributed by atoms with E-state index in [2.05, 4.69) is 16.7 Å². The molecular weight excluding hydrogens is 342 g/mol. The number of nitrogens with zero attached hydrogens (tertiary/aromatic N) is 1. The average molecular weight is 367 g/mol. The Bertz CT molecular complexity index is 792. The fraction of sp³-hybridized carbons (Fsp3) is 0.333. The summed E-state index contributed by atoms with van der Waals surface area (Å²) in [5.41, 5.74) is 4.45. The maximum Gasteiger partial charge on any atom is 0.254 e. The van der Waals surface area contributed by atoms with E-state index in [1.807, 2.05) is 38.1 Å². The number of ether oxygens (including phenoxy) is 1. The maximum atomic E-state index is 12.4. The molecule has 0 saturated carbocycles. The fourth-order valence-corrected chi connectivity index (χ4v) is 3.11. The highest BCUT2D eigenvalue weighted by Gasteiger charge is 2.18. The van der Waals surface area contributed by atoms with E-state index in [4.69, 9.17) is 4.74 Å². The van der Waals surface area contributed by atoms with Crippen molar-refractivity contribution in [2.75, 3.05) is 43.5 Å². The molecule has 0 spiro atoms. The minimum absolute atomic E-state index is 0.0115. The maximum absolute atomic E-state index is 12.4. The summed E-state index contributed by atoms with van der Waals surface area (Å²) in [6.45, 7) is 6.57. The van der Waals surface area contributed by atoms with Crippen molar-refractivity contribution in [2.45, 2.75) is 13.8 Å². The molecule has 2 N–H and O–H groups in total. The first-order valence-corrected chi connectivity index (χ1v) is 9.10. The standard InChI is InChI=1S/C21H25N3O3/c1-15-11-16(2)13-19(12-15)23-20(25)14-22-18-5-3-17(4-6-18)21(26)24-7-9-27-10-8-24/h3-6,11-13,22H,7-10,14H2,1-2H3,(H,23,25). The average Bonchev–Trinajstić information content (AvgIpc) is 2.66. The molecule has 2 aromatic rings. The lowest BCUT2D eigenvalue weighted by atomic mass is 10.1. The lowest BCUT2D eigenvalue weighted by Crippen LogP contribution is -2.40. The van der Waals surface area contributed by atoms with E-state index >= 15 is 0 Å². The van der Waals surface area contributed by atoms with Crippen LogP contribution in [0.4, 0.5) is 11.4 Å². The van der Waals surface area contributed by atoms with Gasteiger partial charge < -0.3 is 20.3 Å². The molecule has 0 radical (unpaired) electrons. The summed E-state index contributed by atoms with van der Waals surface area (Å²) >= 11 is 0. The van der Waals surface area contributed by atoms with Crippen molar-refractivity contribution in [1.82, 2.24) is 4.90 Å². The third-order valence-corrected chi connectivity index (χ3v) is 4.39. The lowest BCUT2D eigenvalue weighted by Gasteiger charge is -2.26. The summed E-state index contributed by atoms with van der Waals surface area (Å²) in [6, 6.07) is 13.1. The molecule has 1 aliphatic rings. The molecule has 1 saturated heterocycles. The molecule has 1 heterocycles. The first-order chi connectivity index (χ1) is 13.0. The van der Waals surface area contributed by atoms with Crippen LogP contribution in [-0.4, -0.2) is 49.6 Å². The first-order valence-electron chi connectivity index (χ1n) is 9.10. The molecule has 6 nitrogen and oxygen atoms in total. The minimum atomic E-state index is -0.117. The monoisotopic (exact) mass is 367 g/mol. The Morgan fingerprint density at radius 2 is 1.59 bits per heavy atom. The number of amides is 2. The Labute approximate surface area is 159 Å². The molecule has 1 fully saturated rings. The number of hydrogen-bond donors (Lipinski definition) is 2. The van der Waals surface area contributed by atoms with Crippen LogP contribution in [0.15, 0.2) is 42.5 Å². The fourth-order valence-electron chi connectivity index (χ4n) is 3.11. The molecule has 2 aromatic carbocycles. The van der Waals surface area contributed by atoms with Gasteiger partial charge in [0.15, 0.2) is 0 Å².